The zero-order valence-electron chi connectivity index (χ0n) is 11.4. The van der Waals surface area contributed by atoms with E-state index in [-0.39, 0.29) is 18.3 Å². The number of hydrogen-bond acceptors (Lipinski definition) is 4. The van der Waals surface area contributed by atoms with E-state index in [4.69, 9.17) is 5.26 Å². The molecule has 102 valence electrons. The Morgan fingerprint density at radius 1 is 1.45 bits per heavy atom. The number of hydrogen-bond donors (Lipinski definition) is 0. The van der Waals surface area contributed by atoms with Gasteiger partial charge in [0.1, 0.15) is 18.9 Å². The van der Waals surface area contributed by atoms with Crippen molar-refractivity contribution in [1.82, 2.24) is 19.7 Å². The van der Waals surface area contributed by atoms with E-state index in [2.05, 4.69) is 10.1 Å². The Labute approximate surface area is 117 Å². The van der Waals surface area contributed by atoms with Crippen LogP contribution in [-0.4, -0.2) is 32.6 Å². The van der Waals surface area contributed by atoms with Crippen LogP contribution in [0.3, 0.4) is 0 Å². The largest absolute Gasteiger partial charge is 0.340 e. The number of nitrogens with zero attached hydrogens (tertiary/aromatic N) is 5. The minimum Gasteiger partial charge on any atom is -0.340 e. The van der Waals surface area contributed by atoms with Crippen molar-refractivity contribution in [3.8, 4) is 6.07 Å². The third-order valence-corrected chi connectivity index (χ3v) is 3.03. The molecule has 1 amide bonds. The topological polar surface area (TPSA) is 74.8 Å². The smallest absolute Gasteiger partial charge is 0.252 e. The predicted octanol–water partition coefficient (Wildman–Crippen LogP) is 1.12. The van der Waals surface area contributed by atoms with Crippen LogP contribution < -0.4 is 0 Å². The van der Waals surface area contributed by atoms with Gasteiger partial charge in [-0.2, -0.15) is 5.26 Å². The number of carbonyl (C=O) groups excluding carboxylic acids is 1. The Morgan fingerprint density at radius 3 is 2.85 bits per heavy atom. The van der Waals surface area contributed by atoms with Gasteiger partial charge < -0.3 is 4.90 Å². The molecule has 0 saturated heterocycles. The molecule has 0 aliphatic rings. The number of aryl methyl sites for hydroxylation is 1. The first-order valence-corrected chi connectivity index (χ1v) is 6.18. The van der Waals surface area contributed by atoms with E-state index in [0.717, 1.165) is 11.1 Å². The fourth-order valence-electron chi connectivity index (χ4n) is 1.81. The molecular formula is C14H15N5O. The van der Waals surface area contributed by atoms with Gasteiger partial charge in [0.2, 0.25) is 5.91 Å². The van der Waals surface area contributed by atoms with Gasteiger partial charge >= 0.3 is 0 Å². The number of benzene rings is 1. The average molecular weight is 269 g/mol. The highest BCUT2D eigenvalue weighted by atomic mass is 16.2. The molecule has 0 saturated carbocycles. The monoisotopic (exact) mass is 269 g/mol. The van der Waals surface area contributed by atoms with Gasteiger partial charge in [-0.3, -0.25) is 4.79 Å². The molecule has 0 N–H and O–H groups in total. The van der Waals surface area contributed by atoms with E-state index < -0.39 is 0 Å². The van der Waals surface area contributed by atoms with E-state index in [0.29, 0.717) is 6.54 Å². The van der Waals surface area contributed by atoms with Crippen molar-refractivity contribution >= 4 is 5.91 Å². The molecule has 0 atom stereocenters. The third kappa shape index (κ3) is 3.20. The molecule has 2 rings (SSSR count). The minimum absolute atomic E-state index is 0.0688. The Kier molecular flexibility index (Phi) is 4.11. The summed E-state index contributed by atoms with van der Waals surface area (Å²) in [6, 6.07) is 9.78. The number of rotatable bonds is 4. The van der Waals surface area contributed by atoms with Crippen LogP contribution in [0.15, 0.2) is 30.6 Å². The van der Waals surface area contributed by atoms with Crippen molar-refractivity contribution in [3.63, 3.8) is 0 Å². The van der Waals surface area contributed by atoms with E-state index >= 15 is 0 Å². The third-order valence-electron chi connectivity index (χ3n) is 3.03. The Bertz CT molecular complexity index is 656. The van der Waals surface area contributed by atoms with Crippen molar-refractivity contribution < 1.29 is 4.79 Å². The highest BCUT2D eigenvalue weighted by Gasteiger charge is 2.12. The fraction of sp³-hybridized carbons (Fsp3) is 0.286. The molecule has 0 bridgehead atoms. The van der Waals surface area contributed by atoms with Gasteiger partial charge in [-0.05, 0) is 18.1 Å². The molecule has 20 heavy (non-hydrogen) atoms. The van der Waals surface area contributed by atoms with Gasteiger partial charge in [0.25, 0.3) is 5.82 Å². The summed E-state index contributed by atoms with van der Waals surface area (Å²) in [6.45, 7) is 2.65. The Morgan fingerprint density at radius 2 is 2.20 bits per heavy atom. The van der Waals surface area contributed by atoms with E-state index in [9.17, 15) is 4.79 Å². The molecule has 1 heterocycles. The van der Waals surface area contributed by atoms with Crippen LogP contribution >= 0.6 is 0 Å². The molecule has 0 aliphatic heterocycles. The molecule has 1 aromatic heterocycles. The van der Waals surface area contributed by atoms with Crippen molar-refractivity contribution in [1.29, 1.82) is 5.26 Å². The maximum atomic E-state index is 12.1. The van der Waals surface area contributed by atoms with Gasteiger partial charge in [-0.25, -0.2) is 9.67 Å². The van der Waals surface area contributed by atoms with Crippen molar-refractivity contribution in [3.05, 3.63) is 47.5 Å². The summed E-state index contributed by atoms with van der Waals surface area (Å²) in [7, 11) is 1.75. The normalized spacial score (nSPS) is 10.1. The van der Waals surface area contributed by atoms with E-state index in [1.165, 1.54) is 11.0 Å². The number of aromatic nitrogens is 3. The number of amides is 1. The van der Waals surface area contributed by atoms with Crippen molar-refractivity contribution in [2.75, 3.05) is 7.05 Å². The quantitative estimate of drug-likeness (QED) is 0.833. The van der Waals surface area contributed by atoms with Gasteiger partial charge in [0.05, 0.1) is 0 Å². The van der Waals surface area contributed by atoms with Crippen LogP contribution in [0, 0.1) is 18.3 Å². The summed E-state index contributed by atoms with van der Waals surface area (Å²) >= 11 is 0. The van der Waals surface area contributed by atoms with Crippen LogP contribution in [0.25, 0.3) is 0 Å². The first kappa shape index (κ1) is 13.7. The molecule has 0 aliphatic carbocycles. The lowest BCUT2D eigenvalue weighted by molar-refractivity contribution is -0.131. The summed E-state index contributed by atoms with van der Waals surface area (Å²) in [5.41, 5.74) is 2.26. The van der Waals surface area contributed by atoms with Crippen LogP contribution in [0.2, 0.25) is 0 Å². The first-order chi connectivity index (χ1) is 9.60. The van der Waals surface area contributed by atoms with E-state index in [1.807, 2.05) is 37.3 Å². The number of likely N-dealkylation sites (N-methyl/N-ethyl adjacent to an activating group) is 1. The molecule has 0 radical (unpaired) electrons. The lowest BCUT2D eigenvalue weighted by atomic mass is 10.1. The summed E-state index contributed by atoms with van der Waals surface area (Å²) in [6.07, 6.45) is 1.39. The maximum Gasteiger partial charge on any atom is 0.252 e. The predicted molar refractivity (Wildman–Crippen MR) is 72.4 cm³/mol. The van der Waals surface area contributed by atoms with E-state index in [1.54, 1.807) is 11.9 Å². The first-order valence-electron chi connectivity index (χ1n) is 6.18. The van der Waals surface area contributed by atoms with Gasteiger partial charge in [-0.1, -0.05) is 24.3 Å². The van der Waals surface area contributed by atoms with Crippen LogP contribution in [0.5, 0.6) is 0 Å². The second-order valence-electron chi connectivity index (χ2n) is 4.55. The lowest BCUT2D eigenvalue weighted by Crippen LogP contribution is -2.30. The van der Waals surface area contributed by atoms with Crippen molar-refractivity contribution in [2.24, 2.45) is 0 Å². The SMILES string of the molecule is Cc1ccccc1CN(C)C(=O)Cn1cnc(C#N)n1. The molecule has 1 aromatic carbocycles. The second-order valence-corrected chi connectivity index (χ2v) is 4.55. The van der Waals surface area contributed by atoms with Crippen molar-refractivity contribution in [2.45, 2.75) is 20.0 Å². The highest BCUT2D eigenvalue weighted by molar-refractivity contribution is 5.75. The zero-order chi connectivity index (χ0) is 14.5. The minimum atomic E-state index is -0.0809. The molecule has 2 aromatic rings. The second kappa shape index (κ2) is 5.97. The fourth-order valence-corrected chi connectivity index (χ4v) is 1.81. The molecule has 0 fully saturated rings. The van der Waals surface area contributed by atoms with Gasteiger partial charge in [0, 0.05) is 13.6 Å². The molecule has 0 spiro atoms. The standard InChI is InChI=1S/C14H15N5O/c1-11-5-3-4-6-12(11)8-18(2)14(20)9-19-10-16-13(7-15)17-19/h3-6,10H,8-9H2,1-2H3. The summed E-state index contributed by atoms with van der Waals surface area (Å²) in [4.78, 5) is 17.5. The molecule has 6 nitrogen and oxygen atoms in total. The Balaban J connectivity index is 1.99. The van der Waals surface area contributed by atoms with Crippen LogP contribution in [-0.2, 0) is 17.9 Å². The van der Waals surface area contributed by atoms with Crippen LogP contribution in [0.1, 0.15) is 17.0 Å². The number of carbonyl (C=O) groups is 1. The van der Waals surface area contributed by atoms with Gasteiger partial charge in [0.15, 0.2) is 0 Å². The lowest BCUT2D eigenvalue weighted by Gasteiger charge is -2.18. The molecule has 0 unspecified atom stereocenters. The highest BCUT2D eigenvalue weighted by Crippen LogP contribution is 2.09. The molecule has 6 heteroatoms. The maximum absolute atomic E-state index is 12.1. The number of nitriles is 1. The van der Waals surface area contributed by atoms with Crippen LogP contribution in [0.4, 0.5) is 0 Å². The zero-order valence-corrected chi connectivity index (χ0v) is 11.4. The summed E-state index contributed by atoms with van der Waals surface area (Å²) in [5.74, 6) is -0.0120. The Hall–Kier alpha value is -2.68. The summed E-state index contributed by atoms with van der Waals surface area (Å²) < 4.78 is 1.37. The summed E-state index contributed by atoms with van der Waals surface area (Å²) in [5, 5.41) is 12.5. The van der Waals surface area contributed by atoms with Gasteiger partial charge in [-0.15, -0.1) is 5.10 Å². The molecular weight excluding hydrogens is 254 g/mol. The average Bonchev–Trinajstić information content (AvgIpc) is 2.89.